The minimum atomic E-state index is -0.995. The van der Waals surface area contributed by atoms with Gasteiger partial charge in [0.05, 0.1) is 5.56 Å². The zero-order chi connectivity index (χ0) is 14.3. The first-order chi connectivity index (χ1) is 9.02. The maximum atomic E-state index is 11.8. The second-order valence-electron chi connectivity index (χ2n) is 4.00. The molecule has 19 heavy (non-hydrogen) atoms. The highest BCUT2D eigenvalue weighted by Crippen LogP contribution is 2.16. The fraction of sp³-hybridized carbons (Fsp3) is 0.385. The second kappa shape index (κ2) is 8.01. The van der Waals surface area contributed by atoms with Crippen molar-refractivity contribution < 1.29 is 14.7 Å². The molecule has 1 unspecified atom stereocenters. The number of aliphatic carboxylic acids is 1. The highest BCUT2D eigenvalue weighted by molar-refractivity contribution is 7.99. The Labute approximate surface area is 120 Å². The summed E-state index contributed by atoms with van der Waals surface area (Å²) in [4.78, 5) is 23.0. The predicted molar refractivity (Wildman–Crippen MR) is 80.9 cm³/mol. The second-order valence-corrected chi connectivity index (χ2v) is 6.22. The summed E-state index contributed by atoms with van der Waals surface area (Å²) in [5, 5.41) is 13.6. The summed E-state index contributed by atoms with van der Waals surface area (Å²) < 4.78 is 0. The Balaban J connectivity index is 2.47. The van der Waals surface area contributed by atoms with Crippen molar-refractivity contribution in [2.24, 2.45) is 0 Å². The largest absolute Gasteiger partial charge is 0.478 e. The number of carboxylic acid groups (broad SMARTS) is 1. The molecule has 1 aromatic rings. The van der Waals surface area contributed by atoms with Crippen LogP contribution in [0.1, 0.15) is 28.6 Å². The first kappa shape index (κ1) is 15.8. The lowest BCUT2D eigenvalue weighted by Gasteiger charge is -2.08. The van der Waals surface area contributed by atoms with Crippen LogP contribution in [0.3, 0.4) is 0 Å². The predicted octanol–water partition coefficient (Wildman–Crippen LogP) is 2.72. The molecular weight excluding hydrogens is 282 g/mol. The van der Waals surface area contributed by atoms with Crippen LogP contribution in [-0.4, -0.2) is 35.0 Å². The van der Waals surface area contributed by atoms with Crippen molar-refractivity contribution in [1.82, 2.24) is 5.32 Å². The van der Waals surface area contributed by atoms with Crippen LogP contribution < -0.4 is 5.32 Å². The van der Waals surface area contributed by atoms with Crippen LogP contribution in [0.25, 0.3) is 6.08 Å². The highest BCUT2D eigenvalue weighted by Gasteiger charge is 2.08. The molecule has 104 valence electrons. The summed E-state index contributed by atoms with van der Waals surface area (Å²) in [6, 6.07) is 1.69. The van der Waals surface area contributed by atoms with Crippen molar-refractivity contribution in [2.45, 2.75) is 18.6 Å². The van der Waals surface area contributed by atoms with Gasteiger partial charge < -0.3 is 10.4 Å². The monoisotopic (exact) mass is 299 g/mol. The van der Waals surface area contributed by atoms with Gasteiger partial charge in [-0.15, -0.1) is 11.3 Å². The summed E-state index contributed by atoms with van der Waals surface area (Å²) in [6.07, 6.45) is 5.53. The quantitative estimate of drug-likeness (QED) is 0.760. The average molecular weight is 299 g/mol. The van der Waals surface area contributed by atoms with Crippen LogP contribution in [0, 0.1) is 0 Å². The van der Waals surface area contributed by atoms with E-state index in [1.807, 2.05) is 6.26 Å². The van der Waals surface area contributed by atoms with Crippen LogP contribution in [-0.2, 0) is 4.79 Å². The number of thiophene rings is 1. The van der Waals surface area contributed by atoms with E-state index >= 15 is 0 Å². The van der Waals surface area contributed by atoms with E-state index in [4.69, 9.17) is 5.11 Å². The van der Waals surface area contributed by atoms with Crippen molar-refractivity contribution in [3.8, 4) is 0 Å². The lowest BCUT2D eigenvalue weighted by Crippen LogP contribution is -2.25. The molecule has 6 heteroatoms. The lowest BCUT2D eigenvalue weighted by atomic mass is 10.2. The minimum Gasteiger partial charge on any atom is -0.478 e. The van der Waals surface area contributed by atoms with Crippen molar-refractivity contribution >= 4 is 41.1 Å². The van der Waals surface area contributed by atoms with Gasteiger partial charge in [-0.25, -0.2) is 4.79 Å². The lowest BCUT2D eigenvalue weighted by molar-refractivity contribution is -0.131. The van der Waals surface area contributed by atoms with Crippen LogP contribution in [0.2, 0.25) is 0 Å². The Kier molecular flexibility index (Phi) is 6.66. The van der Waals surface area contributed by atoms with E-state index in [0.29, 0.717) is 17.4 Å². The molecule has 0 aliphatic heterocycles. The average Bonchev–Trinajstić information content (AvgIpc) is 2.84. The van der Waals surface area contributed by atoms with Gasteiger partial charge >= 0.3 is 5.97 Å². The number of carbonyl (C=O) groups excluding carboxylic acids is 1. The fourth-order valence-corrected chi connectivity index (χ4v) is 2.45. The summed E-state index contributed by atoms with van der Waals surface area (Å²) in [5.41, 5.74) is 0.576. The Hall–Kier alpha value is -1.27. The van der Waals surface area contributed by atoms with Gasteiger partial charge in [-0.3, -0.25) is 4.79 Å². The Morgan fingerprint density at radius 2 is 2.32 bits per heavy atom. The molecular formula is C13H17NO3S2. The van der Waals surface area contributed by atoms with Gasteiger partial charge in [0.2, 0.25) is 0 Å². The smallest absolute Gasteiger partial charge is 0.328 e. The molecule has 0 spiro atoms. The van der Waals surface area contributed by atoms with E-state index in [1.165, 1.54) is 17.4 Å². The van der Waals surface area contributed by atoms with Crippen LogP contribution in [0.4, 0.5) is 0 Å². The Morgan fingerprint density at radius 1 is 1.58 bits per heavy atom. The summed E-state index contributed by atoms with van der Waals surface area (Å²) in [7, 11) is 0. The summed E-state index contributed by atoms with van der Waals surface area (Å²) >= 11 is 3.12. The van der Waals surface area contributed by atoms with Crippen molar-refractivity contribution in [1.29, 1.82) is 0 Å². The first-order valence-corrected chi connectivity index (χ1v) is 8.00. The standard InChI is InChI=1S/C13H17NO3S2/c1-9(18-2)5-6-14-13(17)10-7-11(19-8-10)3-4-12(15)16/h3-4,7-9H,5-6H2,1-2H3,(H,14,17)(H,15,16)/b4-3+. The van der Waals surface area contributed by atoms with E-state index in [0.717, 1.165) is 17.4 Å². The number of carbonyl (C=O) groups is 2. The molecule has 0 bridgehead atoms. The molecule has 0 aliphatic rings. The molecule has 1 atom stereocenters. The Bertz CT molecular complexity index is 468. The zero-order valence-electron chi connectivity index (χ0n) is 10.9. The number of carboxylic acids is 1. The third-order valence-electron chi connectivity index (χ3n) is 2.51. The van der Waals surface area contributed by atoms with Crippen LogP contribution in [0.5, 0.6) is 0 Å². The molecule has 1 rings (SSSR count). The van der Waals surface area contributed by atoms with Crippen molar-refractivity contribution in [3.63, 3.8) is 0 Å². The molecule has 0 fully saturated rings. The molecule has 0 aliphatic carbocycles. The molecule has 4 nitrogen and oxygen atoms in total. The zero-order valence-corrected chi connectivity index (χ0v) is 12.5. The van der Waals surface area contributed by atoms with Gasteiger partial charge in [0.1, 0.15) is 0 Å². The van der Waals surface area contributed by atoms with Crippen molar-refractivity contribution in [3.05, 3.63) is 28.0 Å². The number of hydrogen-bond acceptors (Lipinski definition) is 4. The maximum absolute atomic E-state index is 11.8. The van der Waals surface area contributed by atoms with Gasteiger partial charge in [0, 0.05) is 28.1 Å². The fourth-order valence-electron chi connectivity index (χ4n) is 1.32. The number of amides is 1. The summed E-state index contributed by atoms with van der Waals surface area (Å²) in [5.74, 6) is -1.11. The minimum absolute atomic E-state index is 0.112. The van der Waals surface area contributed by atoms with Crippen molar-refractivity contribution in [2.75, 3.05) is 12.8 Å². The molecule has 2 N–H and O–H groups in total. The third kappa shape index (κ3) is 5.94. The van der Waals surface area contributed by atoms with E-state index < -0.39 is 5.97 Å². The van der Waals surface area contributed by atoms with E-state index in [9.17, 15) is 9.59 Å². The highest BCUT2D eigenvalue weighted by atomic mass is 32.2. The number of rotatable bonds is 7. The number of thioether (sulfide) groups is 1. The van der Waals surface area contributed by atoms with Gasteiger partial charge in [-0.2, -0.15) is 11.8 Å². The molecule has 1 heterocycles. The summed E-state index contributed by atoms with van der Waals surface area (Å²) in [6.45, 7) is 2.77. The molecule has 0 radical (unpaired) electrons. The van der Waals surface area contributed by atoms with E-state index in [2.05, 4.69) is 12.2 Å². The maximum Gasteiger partial charge on any atom is 0.328 e. The topological polar surface area (TPSA) is 66.4 Å². The molecule has 1 amide bonds. The molecule has 1 aromatic heterocycles. The molecule has 0 saturated heterocycles. The van der Waals surface area contributed by atoms with Gasteiger partial charge in [-0.1, -0.05) is 6.92 Å². The SMILES string of the molecule is CSC(C)CCNC(=O)c1csc(/C=C/C(=O)O)c1. The van der Waals surface area contributed by atoms with Crippen LogP contribution >= 0.6 is 23.1 Å². The normalized spacial score (nSPS) is 12.5. The van der Waals surface area contributed by atoms with Gasteiger partial charge in [0.15, 0.2) is 0 Å². The van der Waals surface area contributed by atoms with E-state index in [1.54, 1.807) is 23.2 Å². The van der Waals surface area contributed by atoms with Crippen LogP contribution in [0.15, 0.2) is 17.5 Å². The number of nitrogens with one attached hydrogen (secondary N) is 1. The van der Waals surface area contributed by atoms with E-state index in [-0.39, 0.29) is 5.91 Å². The third-order valence-corrected chi connectivity index (χ3v) is 4.45. The number of hydrogen-bond donors (Lipinski definition) is 2. The van der Waals surface area contributed by atoms with Gasteiger partial charge in [-0.05, 0) is 24.8 Å². The first-order valence-electron chi connectivity index (χ1n) is 5.83. The molecule has 0 aromatic carbocycles. The Morgan fingerprint density at radius 3 is 2.95 bits per heavy atom. The van der Waals surface area contributed by atoms with Gasteiger partial charge in [0.25, 0.3) is 5.91 Å². The molecule has 0 saturated carbocycles.